The van der Waals surface area contributed by atoms with Crippen LogP contribution in [0.15, 0.2) is 48.8 Å². The van der Waals surface area contributed by atoms with E-state index >= 15 is 0 Å². The van der Waals surface area contributed by atoms with Crippen LogP contribution in [0, 0.1) is 0 Å². The van der Waals surface area contributed by atoms with Crippen LogP contribution in [0.25, 0.3) is 0 Å². The average molecular weight is 382 g/mol. The van der Waals surface area contributed by atoms with Crippen LogP contribution in [0.4, 0.5) is 4.79 Å². The van der Waals surface area contributed by atoms with Gasteiger partial charge in [0.1, 0.15) is 0 Å². The first-order chi connectivity index (χ1) is 13.5. The van der Waals surface area contributed by atoms with Crippen molar-refractivity contribution >= 4 is 11.9 Å². The van der Waals surface area contributed by atoms with Gasteiger partial charge in [-0.1, -0.05) is 18.2 Å². The summed E-state index contributed by atoms with van der Waals surface area (Å²) < 4.78 is 5.68. The predicted molar refractivity (Wildman–Crippen MR) is 106 cm³/mol. The van der Waals surface area contributed by atoms with Crippen molar-refractivity contribution in [2.24, 2.45) is 0 Å². The lowest BCUT2D eigenvalue weighted by molar-refractivity contribution is -0.0586. The monoisotopic (exact) mass is 382 g/mol. The molecule has 0 bridgehead atoms. The summed E-state index contributed by atoms with van der Waals surface area (Å²) in [6, 6.07) is 10.8. The fraction of sp³-hybridized carbons (Fsp3) is 0.381. The van der Waals surface area contributed by atoms with E-state index in [1.807, 2.05) is 43.0 Å². The summed E-state index contributed by atoms with van der Waals surface area (Å²) >= 11 is 0. The Labute approximate surface area is 165 Å². The number of urea groups is 1. The zero-order valence-corrected chi connectivity index (χ0v) is 16.2. The molecule has 28 heavy (non-hydrogen) atoms. The van der Waals surface area contributed by atoms with E-state index < -0.39 is 0 Å². The van der Waals surface area contributed by atoms with Gasteiger partial charge >= 0.3 is 6.03 Å². The molecule has 1 fully saturated rings. The Hall–Kier alpha value is -2.93. The van der Waals surface area contributed by atoms with Crippen molar-refractivity contribution < 1.29 is 14.3 Å². The summed E-state index contributed by atoms with van der Waals surface area (Å²) in [5.41, 5.74) is 2.51. The van der Waals surface area contributed by atoms with Crippen molar-refractivity contribution in [3.8, 4) is 0 Å². The summed E-state index contributed by atoms with van der Waals surface area (Å²) in [5, 5.41) is 5.60. The number of carbonyl (C=O) groups is 2. The number of morpholine rings is 1. The number of aromatic nitrogens is 1. The topological polar surface area (TPSA) is 83.6 Å². The van der Waals surface area contributed by atoms with Crippen molar-refractivity contribution in [1.82, 2.24) is 20.5 Å². The Morgan fingerprint density at radius 3 is 2.29 bits per heavy atom. The molecular formula is C21H26N4O3. The maximum Gasteiger partial charge on any atom is 0.315 e. The van der Waals surface area contributed by atoms with Gasteiger partial charge in [-0.15, -0.1) is 0 Å². The third-order valence-corrected chi connectivity index (χ3v) is 4.54. The summed E-state index contributed by atoms with van der Waals surface area (Å²) in [6.45, 7) is 5.96. The zero-order valence-electron chi connectivity index (χ0n) is 16.2. The molecule has 2 N–H and O–H groups in total. The predicted octanol–water partition coefficient (Wildman–Crippen LogP) is 2.33. The summed E-state index contributed by atoms with van der Waals surface area (Å²) in [4.78, 5) is 30.4. The lowest BCUT2D eigenvalue weighted by atomic mass is 10.1. The second-order valence-corrected chi connectivity index (χ2v) is 7.06. The normalized spacial score (nSPS) is 19.1. The Morgan fingerprint density at radius 2 is 1.68 bits per heavy atom. The van der Waals surface area contributed by atoms with Gasteiger partial charge in [-0.3, -0.25) is 9.78 Å². The van der Waals surface area contributed by atoms with Crippen LogP contribution >= 0.6 is 0 Å². The van der Waals surface area contributed by atoms with E-state index in [9.17, 15) is 9.59 Å². The molecule has 148 valence electrons. The van der Waals surface area contributed by atoms with Crippen molar-refractivity contribution in [3.63, 3.8) is 0 Å². The maximum absolute atomic E-state index is 12.7. The van der Waals surface area contributed by atoms with E-state index in [4.69, 9.17) is 4.74 Å². The number of pyridine rings is 1. The highest BCUT2D eigenvalue weighted by atomic mass is 16.5. The third-order valence-electron chi connectivity index (χ3n) is 4.54. The first-order valence-electron chi connectivity index (χ1n) is 9.45. The van der Waals surface area contributed by atoms with Crippen LogP contribution in [0.1, 0.15) is 35.3 Å². The Bertz CT molecular complexity index is 785. The van der Waals surface area contributed by atoms with Gasteiger partial charge in [0.25, 0.3) is 5.91 Å². The van der Waals surface area contributed by atoms with Gasteiger partial charge in [0.2, 0.25) is 0 Å². The second kappa shape index (κ2) is 9.32. The standard InChI is InChI=1S/C21H26N4O3/c1-15-13-25(14-16(2)28-15)20(26)19-7-5-17(6-8-19)11-23-21(27)24-12-18-4-3-9-22-10-18/h3-10,15-16H,11-14H2,1-2H3,(H2,23,24,27). The molecule has 2 aromatic rings. The first kappa shape index (κ1) is 19.8. The number of benzene rings is 1. The number of amides is 3. The van der Waals surface area contributed by atoms with Gasteiger partial charge in [-0.2, -0.15) is 0 Å². The molecule has 0 spiro atoms. The molecule has 2 unspecified atom stereocenters. The molecular weight excluding hydrogens is 356 g/mol. The number of nitrogens with zero attached hydrogens (tertiary/aromatic N) is 2. The van der Waals surface area contributed by atoms with E-state index in [2.05, 4.69) is 15.6 Å². The highest BCUT2D eigenvalue weighted by molar-refractivity contribution is 5.94. The Kier molecular flexibility index (Phi) is 6.60. The largest absolute Gasteiger partial charge is 0.372 e. The van der Waals surface area contributed by atoms with Crippen LogP contribution in [-0.2, 0) is 17.8 Å². The average Bonchev–Trinajstić information content (AvgIpc) is 2.70. The SMILES string of the molecule is CC1CN(C(=O)c2ccc(CNC(=O)NCc3cccnc3)cc2)CC(C)O1. The molecule has 0 aliphatic carbocycles. The molecule has 0 saturated carbocycles. The molecule has 3 amide bonds. The van der Waals surface area contributed by atoms with Crippen LogP contribution < -0.4 is 10.6 Å². The summed E-state index contributed by atoms with van der Waals surface area (Å²) in [6.07, 6.45) is 3.49. The van der Waals surface area contributed by atoms with Gasteiger partial charge in [0.05, 0.1) is 12.2 Å². The van der Waals surface area contributed by atoms with Gasteiger partial charge < -0.3 is 20.3 Å². The van der Waals surface area contributed by atoms with Crippen molar-refractivity contribution in [1.29, 1.82) is 0 Å². The molecule has 3 rings (SSSR count). The minimum absolute atomic E-state index is 0.00993. The smallest absolute Gasteiger partial charge is 0.315 e. The lowest BCUT2D eigenvalue weighted by Crippen LogP contribution is -2.48. The highest BCUT2D eigenvalue weighted by Gasteiger charge is 2.26. The molecule has 1 saturated heterocycles. The van der Waals surface area contributed by atoms with E-state index in [1.165, 1.54) is 0 Å². The summed E-state index contributed by atoms with van der Waals surface area (Å²) in [5.74, 6) is 0.00993. The van der Waals surface area contributed by atoms with Gasteiger partial charge in [0.15, 0.2) is 0 Å². The van der Waals surface area contributed by atoms with Crippen LogP contribution in [0.5, 0.6) is 0 Å². The van der Waals surface area contributed by atoms with Crippen LogP contribution in [0.2, 0.25) is 0 Å². The molecule has 0 radical (unpaired) electrons. The Balaban J connectivity index is 1.47. The molecule has 2 atom stereocenters. The first-order valence-corrected chi connectivity index (χ1v) is 9.45. The number of hydrogen-bond donors (Lipinski definition) is 2. The van der Waals surface area contributed by atoms with Crippen molar-refractivity contribution in [2.75, 3.05) is 13.1 Å². The zero-order chi connectivity index (χ0) is 19.9. The third kappa shape index (κ3) is 5.53. The van der Waals surface area contributed by atoms with Crippen LogP contribution in [0.3, 0.4) is 0 Å². The lowest BCUT2D eigenvalue weighted by Gasteiger charge is -2.35. The molecule has 1 aliphatic rings. The molecule has 7 nitrogen and oxygen atoms in total. The van der Waals surface area contributed by atoms with E-state index in [0.29, 0.717) is 31.7 Å². The summed E-state index contributed by atoms with van der Waals surface area (Å²) in [7, 11) is 0. The van der Waals surface area contributed by atoms with E-state index in [0.717, 1.165) is 11.1 Å². The number of carbonyl (C=O) groups excluding carboxylic acids is 2. The quantitative estimate of drug-likeness (QED) is 0.831. The number of nitrogens with one attached hydrogen (secondary N) is 2. The minimum Gasteiger partial charge on any atom is -0.372 e. The van der Waals surface area contributed by atoms with E-state index in [1.54, 1.807) is 24.5 Å². The highest BCUT2D eigenvalue weighted by Crippen LogP contribution is 2.15. The fourth-order valence-corrected chi connectivity index (χ4v) is 3.22. The van der Waals surface area contributed by atoms with Crippen molar-refractivity contribution in [2.45, 2.75) is 39.1 Å². The van der Waals surface area contributed by atoms with Gasteiger partial charge in [-0.05, 0) is 43.2 Å². The number of hydrogen-bond acceptors (Lipinski definition) is 4. The Morgan fingerprint density at radius 1 is 1.04 bits per heavy atom. The molecule has 1 aromatic heterocycles. The second-order valence-electron chi connectivity index (χ2n) is 7.06. The van der Waals surface area contributed by atoms with E-state index in [-0.39, 0.29) is 24.1 Å². The maximum atomic E-state index is 12.7. The van der Waals surface area contributed by atoms with Gasteiger partial charge in [0, 0.05) is 44.1 Å². The minimum atomic E-state index is -0.250. The number of rotatable bonds is 5. The fourth-order valence-electron chi connectivity index (χ4n) is 3.22. The molecule has 1 aromatic carbocycles. The molecule has 2 heterocycles. The molecule has 7 heteroatoms. The number of ether oxygens (including phenoxy) is 1. The van der Waals surface area contributed by atoms with Gasteiger partial charge in [-0.25, -0.2) is 4.79 Å². The molecule has 1 aliphatic heterocycles. The van der Waals surface area contributed by atoms with Crippen molar-refractivity contribution in [3.05, 3.63) is 65.5 Å². The van der Waals surface area contributed by atoms with Crippen LogP contribution in [-0.4, -0.2) is 47.1 Å².